The zero-order valence-corrected chi connectivity index (χ0v) is 15.1. The number of aromatic nitrogens is 3. The van der Waals surface area contributed by atoms with Crippen molar-refractivity contribution in [3.05, 3.63) is 41.7 Å². The minimum Gasteiger partial charge on any atom is -0.322 e. The number of carbonyl (C=O) groups excluding carboxylic acids is 2. The summed E-state index contributed by atoms with van der Waals surface area (Å²) in [5.41, 5.74) is 1.96. The van der Waals surface area contributed by atoms with Gasteiger partial charge < -0.3 is 5.32 Å². The lowest BCUT2D eigenvalue weighted by Crippen LogP contribution is -2.52. The van der Waals surface area contributed by atoms with E-state index in [4.69, 9.17) is 0 Å². The SMILES string of the molecule is Cc1c(C(=O)Nc2nc3ccccc3s2)cnn1C1NC(=O)CC(C)N1. The van der Waals surface area contributed by atoms with E-state index in [2.05, 4.69) is 26.0 Å². The van der Waals surface area contributed by atoms with Gasteiger partial charge in [-0.25, -0.2) is 9.67 Å². The van der Waals surface area contributed by atoms with Crippen molar-refractivity contribution in [2.24, 2.45) is 0 Å². The molecule has 8 nitrogen and oxygen atoms in total. The number of nitrogens with zero attached hydrogens (tertiary/aromatic N) is 3. The first kappa shape index (κ1) is 16.7. The number of anilines is 1. The third-order valence-corrected chi connectivity index (χ3v) is 5.23. The Bertz CT molecular complexity index is 961. The van der Waals surface area contributed by atoms with Gasteiger partial charge in [0, 0.05) is 12.5 Å². The number of carbonyl (C=O) groups is 2. The average molecular weight is 370 g/mol. The summed E-state index contributed by atoms with van der Waals surface area (Å²) >= 11 is 1.42. The standard InChI is InChI=1S/C17H18N6O2S/c1-9-7-14(24)21-16(19-9)23-10(2)11(8-18-23)15(25)22-17-20-12-5-3-4-6-13(12)26-17/h3-6,8-9,16,19H,7H2,1-2H3,(H,21,24)(H,20,22,25). The third-order valence-electron chi connectivity index (χ3n) is 4.28. The first-order valence-electron chi connectivity index (χ1n) is 8.27. The van der Waals surface area contributed by atoms with Crippen LogP contribution in [-0.2, 0) is 4.79 Å². The summed E-state index contributed by atoms with van der Waals surface area (Å²) in [6.07, 6.45) is 1.46. The largest absolute Gasteiger partial charge is 0.322 e. The summed E-state index contributed by atoms with van der Waals surface area (Å²) in [7, 11) is 0. The molecular weight excluding hydrogens is 352 g/mol. The topological polar surface area (TPSA) is 101 Å². The second-order valence-corrected chi connectivity index (χ2v) is 7.30. The zero-order chi connectivity index (χ0) is 18.3. The molecule has 1 saturated heterocycles. The van der Waals surface area contributed by atoms with Gasteiger partial charge in [-0.2, -0.15) is 5.10 Å². The summed E-state index contributed by atoms with van der Waals surface area (Å²) in [4.78, 5) is 28.8. The fourth-order valence-electron chi connectivity index (χ4n) is 2.99. The molecule has 2 atom stereocenters. The molecule has 1 aliphatic rings. The van der Waals surface area contributed by atoms with E-state index in [1.54, 1.807) is 11.6 Å². The number of thiazole rings is 1. The zero-order valence-electron chi connectivity index (χ0n) is 14.3. The molecule has 9 heteroatoms. The van der Waals surface area contributed by atoms with Gasteiger partial charge in [0.1, 0.15) is 0 Å². The molecule has 0 bridgehead atoms. The molecule has 2 unspecified atom stereocenters. The fraction of sp³-hybridized carbons (Fsp3) is 0.294. The van der Waals surface area contributed by atoms with Gasteiger partial charge in [-0.1, -0.05) is 23.5 Å². The number of benzene rings is 1. The highest BCUT2D eigenvalue weighted by Gasteiger charge is 2.27. The van der Waals surface area contributed by atoms with Crippen molar-refractivity contribution in [2.45, 2.75) is 32.6 Å². The van der Waals surface area contributed by atoms with Gasteiger partial charge in [-0.3, -0.25) is 20.2 Å². The Morgan fingerprint density at radius 1 is 1.38 bits per heavy atom. The predicted molar refractivity (Wildman–Crippen MR) is 98.9 cm³/mol. The second-order valence-electron chi connectivity index (χ2n) is 6.27. The summed E-state index contributed by atoms with van der Waals surface area (Å²) < 4.78 is 2.62. The quantitative estimate of drug-likeness (QED) is 0.655. The van der Waals surface area contributed by atoms with Crippen LogP contribution in [0.1, 0.15) is 35.7 Å². The van der Waals surface area contributed by atoms with Crippen LogP contribution in [0.4, 0.5) is 5.13 Å². The molecule has 1 aromatic carbocycles. The summed E-state index contributed by atoms with van der Waals surface area (Å²) in [6.45, 7) is 3.73. The third kappa shape index (κ3) is 3.06. The Kier molecular flexibility index (Phi) is 4.17. The summed E-state index contributed by atoms with van der Waals surface area (Å²) in [5, 5.41) is 13.7. The normalized spacial score (nSPS) is 20.2. The number of amides is 2. The molecular formula is C17H18N6O2S. The maximum atomic E-state index is 12.6. The molecule has 2 amide bonds. The van der Waals surface area contributed by atoms with Crippen LogP contribution in [0.25, 0.3) is 10.2 Å². The monoisotopic (exact) mass is 370 g/mol. The molecule has 2 aromatic heterocycles. The minimum atomic E-state index is -0.463. The van der Waals surface area contributed by atoms with Gasteiger partial charge >= 0.3 is 0 Å². The lowest BCUT2D eigenvalue weighted by Gasteiger charge is -2.30. The van der Waals surface area contributed by atoms with Crippen molar-refractivity contribution < 1.29 is 9.59 Å². The van der Waals surface area contributed by atoms with Crippen LogP contribution in [0.5, 0.6) is 0 Å². The molecule has 0 spiro atoms. The van der Waals surface area contributed by atoms with E-state index < -0.39 is 6.29 Å². The average Bonchev–Trinajstić information content (AvgIpc) is 3.16. The molecule has 3 aromatic rings. The van der Waals surface area contributed by atoms with Gasteiger partial charge in [0.2, 0.25) is 5.91 Å². The number of hydrogen-bond acceptors (Lipinski definition) is 6. The first-order chi connectivity index (χ1) is 12.5. The van der Waals surface area contributed by atoms with Gasteiger partial charge in [-0.15, -0.1) is 0 Å². The molecule has 3 heterocycles. The van der Waals surface area contributed by atoms with Crippen molar-refractivity contribution in [1.29, 1.82) is 0 Å². The molecule has 26 heavy (non-hydrogen) atoms. The van der Waals surface area contributed by atoms with Crippen LogP contribution >= 0.6 is 11.3 Å². The Labute approximate surface area is 153 Å². The smallest absolute Gasteiger partial charge is 0.260 e. The van der Waals surface area contributed by atoms with Gasteiger partial charge in [0.15, 0.2) is 11.4 Å². The van der Waals surface area contributed by atoms with Crippen LogP contribution in [0, 0.1) is 6.92 Å². The highest BCUT2D eigenvalue weighted by atomic mass is 32.1. The van der Waals surface area contributed by atoms with Crippen molar-refractivity contribution in [3.8, 4) is 0 Å². The highest BCUT2D eigenvalue weighted by molar-refractivity contribution is 7.22. The molecule has 4 rings (SSSR count). The number of nitrogens with one attached hydrogen (secondary N) is 3. The number of para-hydroxylation sites is 1. The summed E-state index contributed by atoms with van der Waals surface area (Å²) in [5.74, 6) is -0.320. The van der Waals surface area contributed by atoms with E-state index >= 15 is 0 Å². The second kappa shape index (κ2) is 6.50. The fourth-order valence-corrected chi connectivity index (χ4v) is 3.85. The van der Waals surface area contributed by atoms with E-state index in [1.165, 1.54) is 17.5 Å². The molecule has 0 saturated carbocycles. The molecule has 1 fully saturated rings. The van der Waals surface area contributed by atoms with Crippen LogP contribution in [-0.4, -0.2) is 32.6 Å². The number of rotatable bonds is 3. The maximum absolute atomic E-state index is 12.6. The first-order valence-corrected chi connectivity index (χ1v) is 9.09. The predicted octanol–water partition coefficient (Wildman–Crippen LogP) is 2.01. The van der Waals surface area contributed by atoms with E-state index in [0.717, 1.165) is 10.2 Å². The Balaban J connectivity index is 1.55. The Morgan fingerprint density at radius 2 is 2.19 bits per heavy atom. The lowest BCUT2D eigenvalue weighted by molar-refractivity contribution is -0.125. The minimum absolute atomic E-state index is 0.0392. The van der Waals surface area contributed by atoms with E-state index in [1.807, 2.05) is 31.2 Å². The molecule has 1 aliphatic heterocycles. The Hall–Kier alpha value is -2.78. The molecule has 134 valence electrons. The summed E-state index contributed by atoms with van der Waals surface area (Å²) in [6, 6.07) is 7.76. The molecule has 3 N–H and O–H groups in total. The van der Waals surface area contributed by atoms with Crippen LogP contribution in [0.3, 0.4) is 0 Å². The number of fused-ring (bicyclic) bond motifs is 1. The van der Waals surface area contributed by atoms with Crippen LogP contribution in [0.2, 0.25) is 0 Å². The van der Waals surface area contributed by atoms with E-state index in [0.29, 0.717) is 22.8 Å². The van der Waals surface area contributed by atoms with Crippen LogP contribution in [0.15, 0.2) is 30.5 Å². The van der Waals surface area contributed by atoms with Crippen molar-refractivity contribution in [1.82, 2.24) is 25.4 Å². The van der Waals surface area contributed by atoms with Gasteiger partial charge in [0.05, 0.1) is 27.7 Å². The molecule has 0 aliphatic carbocycles. The highest BCUT2D eigenvalue weighted by Crippen LogP contribution is 2.26. The molecule has 0 radical (unpaired) electrons. The Morgan fingerprint density at radius 3 is 2.96 bits per heavy atom. The van der Waals surface area contributed by atoms with Crippen LogP contribution < -0.4 is 16.0 Å². The van der Waals surface area contributed by atoms with Crippen molar-refractivity contribution in [2.75, 3.05) is 5.32 Å². The van der Waals surface area contributed by atoms with Crippen molar-refractivity contribution in [3.63, 3.8) is 0 Å². The van der Waals surface area contributed by atoms with Gasteiger partial charge in [0.25, 0.3) is 5.91 Å². The number of hydrogen-bond donors (Lipinski definition) is 3. The van der Waals surface area contributed by atoms with E-state index in [-0.39, 0.29) is 17.9 Å². The van der Waals surface area contributed by atoms with E-state index in [9.17, 15) is 9.59 Å². The maximum Gasteiger partial charge on any atom is 0.260 e. The van der Waals surface area contributed by atoms with Gasteiger partial charge in [-0.05, 0) is 26.0 Å². The lowest BCUT2D eigenvalue weighted by atomic mass is 10.2. The van der Waals surface area contributed by atoms with Crippen molar-refractivity contribution >= 4 is 38.5 Å².